The molecule has 1 aromatic rings. The fourth-order valence-corrected chi connectivity index (χ4v) is 3.12. The Balaban J connectivity index is 2.29. The SMILES string of the molecule is C=CCN1C(=O)/C(=C/c2ccc(Cl)c(Cl)c2)SC1=S. The van der Waals surface area contributed by atoms with E-state index in [-0.39, 0.29) is 5.91 Å². The Labute approximate surface area is 131 Å². The molecule has 0 bridgehead atoms. The van der Waals surface area contributed by atoms with Crippen LogP contribution in [-0.4, -0.2) is 21.7 Å². The zero-order valence-electron chi connectivity index (χ0n) is 9.73. The first kappa shape index (κ1) is 14.6. The molecule has 0 radical (unpaired) electrons. The van der Waals surface area contributed by atoms with Gasteiger partial charge < -0.3 is 0 Å². The molecule has 19 heavy (non-hydrogen) atoms. The van der Waals surface area contributed by atoms with Crippen molar-refractivity contribution in [1.29, 1.82) is 0 Å². The van der Waals surface area contributed by atoms with Gasteiger partial charge in [-0.2, -0.15) is 0 Å². The van der Waals surface area contributed by atoms with Gasteiger partial charge in [0.2, 0.25) is 0 Å². The fraction of sp³-hybridized carbons (Fsp3) is 0.0769. The Hall–Kier alpha value is -0.810. The molecule has 1 aliphatic heterocycles. The van der Waals surface area contributed by atoms with Gasteiger partial charge in [0.25, 0.3) is 5.91 Å². The summed E-state index contributed by atoms with van der Waals surface area (Å²) in [5, 5.41) is 0.940. The third kappa shape index (κ3) is 3.20. The van der Waals surface area contributed by atoms with Gasteiger partial charge in [-0.15, -0.1) is 6.58 Å². The summed E-state index contributed by atoms with van der Waals surface area (Å²) < 4.78 is 0.538. The van der Waals surface area contributed by atoms with Crippen LogP contribution in [0, 0.1) is 0 Å². The molecular formula is C13H9Cl2NOS2. The molecule has 0 N–H and O–H groups in total. The van der Waals surface area contributed by atoms with Crippen LogP contribution in [0.15, 0.2) is 35.8 Å². The lowest BCUT2D eigenvalue weighted by Crippen LogP contribution is -2.27. The van der Waals surface area contributed by atoms with Crippen molar-refractivity contribution >= 4 is 63.5 Å². The third-order valence-corrected chi connectivity index (χ3v) is 4.54. The van der Waals surface area contributed by atoms with Gasteiger partial charge in [-0.25, -0.2) is 0 Å². The number of carbonyl (C=O) groups is 1. The number of hydrogen-bond acceptors (Lipinski definition) is 3. The molecule has 2 rings (SSSR count). The molecule has 1 amide bonds. The Morgan fingerprint density at radius 3 is 2.74 bits per heavy atom. The summed E-state index contributed by atoms with van der Waals surface area (Å²) in [6.07, 6.45) is 3.40. The van der Waals surface area contributed by atoms with E-state index in [1.165, 1.54) is 16.7 Å². The van der Waals surface area contributed by atoms with Crippen molar-refractivity contribution < 1.29 is 4.79 Å². The lowest BCUT2D eigenvalue weighted by Gasteiger charge is -2.10. The average molecular weight is 330 g/mol. The minimum Gasteiger partial charge on any atom is -0.289 e. The molecule has 0 atom stereocenters. The van der Waals surface area contributed by atoms with Gasteiger partial charge >= 0.3 is 0 Å². The topological polar surface area (TPSA) is 20.3 Å². The minimum absolute atomic E-state index is 0.110. The van der Waals surface area contributed by atoms with E-state index >= 15 is 0 Å². The number of amides is 1. The Morgan fingerprint density at radius 1 is 1.37 bits per heavy atom. The summed E-state index contributed by atoms with van der Waals surface area (Å²) in [4.78, 5) is 14.2. The van der Waals surface area contributed by atoms with E-state index < -0.39 is 0 Å². The third-order valence-electron chi connectivity index (χ3n) is 2.43. The first-order valence-corrected chi connectivity index (χ1v) is 7.32. The maximum Gasteiger partial charge on any atom is 0.266 e. The quantitative estimate of drug-likeness (QED) is 0.466. The fourth-order valence-electron chi connectivity index (χ4n) is 1.54. The molecule has 1 fully saturated rings. The van der Waals surface area contributed by atoms with Crippen LogP contribution >= 0.6 is 47.2 Å². The largest absolute Gasteiger partial charge is 0.289 e. The molecule has 1 aromatic carbocycles. The summed E-state index contributed by atoms with van der Waals surface area (Å²) in [5.41, 5.74) is 0.813. The molecule has 1 aliphatic rings. The molecule has 1 heterocycles. The van der Waals surface area contributed by atoms with Crippen LogP contribution in [0.5, 0.6) is 0 Å². The van der Waals surface area contributed by atoms with Crippen molar-refractivity contribution in [2.75, 3.05) is 6.54 Å². The molecule has 0 spiro atoms. The van der Waals surface area contributed by atoms with Crippen LogP contribution in [0.3, 0.4) is 0 Å². The van der Waals surface area contributed by atoms with Gasteiger partial charge in [-0.1, -0.05) is 59.3 Å². The van der Waals surface area contributed by atoms with E-state index in [0.29, 0.717) is 25.8 Å². The average Bonchev–Trinajstić information content (AvgIpc) is 2.62. The summed E-state index contributed by atoms with van der Waals surface area (Å²) in [5.74, 6) is -0.110. The van der Waals surface area contributed by atoms with Crippen molar-refractivity contribution in [1.82, 2.24) is 4.90 Å². The first-order valence-electron chi connectivity index (χ1n) is 5.34. The highest BCUT2D eigenvalue weighted by Gasteiger charge is 2.30. The highest BCUT2D eigenvalue weighted by Crippen LogP contribution is 2.33. The van der Waals surface area contributed by atoms with E-state index in [0.717, 1.165) is 5.56 Å². The molecule has 0 unspecified atom stereocenters. The maximum absolute atomic E-state index is 12.1. The van der Waals surface area contributed by atoms with Crippen molar-refractivity contribution in [3.05, 3.63) is 51.4 Å². The monoisotopic (exact) mass is 329 g/mol. The van der Waals surface area contributed by atoms with E-state index in [4.69, 9.17) is 35.4 Å². The number of halogens is 2. The number of rotatable bonds is 3. The van der Waals surface area contributed by atoms with Gasteiger partial charge in [-0.3, -0.25) is 9.69 Å². The zero-order chi connectivity index (χ0) is 14.0. The Kier molecular flexibility index (Phi) is 4.68. The second-order valence-corrected chi connectivity index (χ2v) is 6.24. The van der Waals surface area contributed by atoms with Crippen molar-refractivity contribution in [2.24, 2.45) is 0 Å². The number of thioether (sulfide) groups is 1. The normalized spacial score (nSPS) is 17.4. The molecule has 2 nitrogen and oxygen atoms in total. The Bertz CT molecular complexity index is 598. The summed E-state index contributed by atoms with van der Waals surface area (Å²) in [7, 11) is 0. The van der Waals surface area contributed by atoms with Crippen molar-refractivity contribution in [3.63, 3.8) is 0 Å². The molecule has 0 aliphatic carbocycles. The number of thiocarbonyl (C=S) groups is 1. The van der Waals surface area contributed by atoms with Gasteiger partial charge in [0, 0.05) is 6.54 Å². The first-order chi connectivity index (χ1) is 9.02. The van der Waals surface area contributed by atoms with Crippen molar-refractivity contribution in [3.8, 4) is 0 Å². The van der Waals surface area contributed by atoms with Gasteiger partial charge in [0.15, 0.2) is 0 Å². The zero-order valence-corrected chi connectivity index (χ0v) is 12.9. The lowest BCUT2D eigenvalue weighted by molar-refractivity contribution is -0.121. The highest BCUT2D eigenvalue weighted by atomic mass is 35.5. The predicted octanol–water partition coefficient (Wildman–Crippen LogP) is 4.38. The second kappa shape index (κ2) is 6.09. The maximum atomic E-state index is 12.1. The van der Waals surface area contributed by atoms with Crippen LogP contribution in [0.2, 0.25) is 10.0 Å². The number of hydrogen-bond donors (Lipinski definition) is 0. The van der Waals surface area contributed by atoms with Crippen LogP contribution in [0.4, 0.5) is 0 Å². The van der Waals surface area contributed by atoms with E-state index in [9.17, 15) is 4.79 Å². The summed E-state index contributed by atoms with van der Waals surface area (Å²) >= 11 is 18.2. The second-order valence-electron chi connectivity index (χ2n) is 3.75. The minimum atomic E-state index is -0.110. The van der Waals surface area contributed by atoms with Crippen molar-refractivity contribution in [2.45, 2.75) is 0 Å². The van der Waals surface area contributed by atoms with Crippen LogP contribution in [-0.2, 0) is 4.79 Å². The van der Waals surface area contributed by atoms with Crippen LogP contribution in [0.1, 0.15) is 5.56 Å². The standard InChI is InChI=1S/C13H9Cl2NOS2/c1-2-5-16-12(17)11(19-13(16)18)7-8-3-4-9(14)10(15)6-8/h2-4,6-7H,1,5H2/b11-7-. The van der Waals surface area contributed by atoms with Gasteiger partial charge in [0.05, 0.1) is 15.0 Å². The van der Waals surface area contributed by atoms with E-state index in [2.05, 4.69) is 6.58 Å². The van der Waals surface area contributed by atoms with E-state index in [1.807, 2.05) is 0 Å². The number of nitrogens with zero attached hydrogens (tertiary/aromatic N) is 1. The molecule has 1 saturated heterocycles. The molecule has 6 heteroatoms. The van der Waals surface area contributed by atoms with Gasteiger partial charge in [-0.05, 0) is 23.8 Å². The Morgan fingerprint density at radius 2 is 2.11 bits per heavy atom. The molecule has 98 valence electrons. The predicted molar refractivity (Wildman–Crippen MR) is 86.5 cm³/mol. The number of carbonyl (C=O) groups excluding carboxylic acids is 1. The van der Waals surface area contributed by atoms with Crippen LogP contribution in [0.25, 0.3) is 6.08 Å². The van der Waals surface area contributed by atoms with E-state index in [1.54, 1.807) is 30.4 Å². The lowest BCUT2D eigenvalue weighted by atomic mass is 10.2. The molecular weight excluding hydrogens is 321 g/mol. The summed E-state index contributed by atoms with van der Waals surface area (Å²) in [6, 6.07) is 5.21. The summed E-state index contributed by atoms with van der Waals surface area (Å²) in [6.45, 7) is 4.03. The molecule has 0 aromatic heterocycles. The smallest absolute Gasteiger partial charge is 0.266 e. The highest BCUT2D eigenvalue weighted by molar-refractivity contribution is 8.26. The number of benzene rings is 1. The van der Waals surface area contributed by atoms with Crippen LogP contribution < -0.4 is 0 Å². The molecule has 0 saturated carbocycles. The van der Waals surface area contributed by atoms with Gasteiger partial charge in [0.1, 0.15) is 4.32 Å².